The number of carboxylic acid groups (broad SMARTS) is 3. The van der Waals surface area contributed by atoms with Crippen molar-refractivity contribution in [3.05, 3.63) is 35.4 Å². The Morgan fingerprint density at radius 1 is 0.857 bits per heavy atom. The first-order valence-electron chi connectivity index (χ1n) is 6.67. The Morgan fingerprint density at radius 2 is 1.33 bits per heavy atom. The molecule has 0 aliphatic rings. The van der Waals surface area contributed by atoms with E-state index in [9.17, 15) is 14.4 Å². The number of aromatic carboxylic acids is 2. The van der Waals surface area contributed by atoms with Crippen LogP contribution in [0.4, 0.5) is 0 Å². The van der Waals surface area contributed by atoms with Gasteiger partial charge in [0.05, 0.1) is 11.1 Å². The maximum atomic E-state index is 10.5. The molecule has 3 N–H and O–H groups in total. The maximum absolute atomic E-state index is 10.5. The lowest BCUT2D eigenvalue weighted by molar-refractivity contribution is -0.137. The van der Waals surface area contributed by atoms with E-state index >= 15 is 0 Å². The van der Waals surface area contributed by atoms with Crippen LogP contribution >= 0.6 is 0 Å². The number of aliphatic carboxylic acids is 1. The van der Waals surface area contributed by atoms with Gasteiger partial charge in [-0.2, -0.15) is 0 Å². The SMILES string of the molecule is CCCCCCC(=O)O.O=C(O)c1ccccc1C(=O)O. The van der Waals surface area contributed by atoms with Crippen molar-refractivity contribution in [2.75, 3.05) is 0 Å². The lowest BCUT2D eigenvalue weighted by Gasteiger charge is -1.98. The first-order valence-corrected chi connectivity index (χ1v) is 6.67. The average molecular weight is 296 g/mol. The number of benzene rings is 1. The van der Waals surface area contributed by atoms with Gasteiger partial charge in [-0.3, -0.25) is 4.79 Å². The lowest BCUT2D eigenvalue weighted by Crippen LogP contribution is -2.06. The van der Waals surface area contributed by atoms with Crippen LogP contribution < -0.4 is 0 Å². The Kier molecular flexibility index (Phi) is 9.25. The first-order chi connectivity index (χ1) is 9.90. The molecular formula is C15H20O6. The fourth-order valence-corrected chi connectivity index (χ4v) is 1.56. The van der Waals surface area contributed by atoms with E-state index in [1.54, 1.807) is 0 Å². The molecule has 1 aromatic rings. The summed E-state index contributed by atoms with van der Waals surface area (Å²) in [6.45, 7) is 2.11. The van der Waals surface area contributed by atoms with Crippen LogP contribution in [0.3, 0.4) is 0 Å². The van der Waals surface area contributed by atoms with Crippen molar-refractivity contribution in [3.63, 3.8) is 0 Å². The predicted molar refractivity (Wildman–Crippen MR) is 76.8 cm³/mol. The van der Waals surface area contributed by atoms with E-state index in [1.165, 1.54) is 30.7 Å². The van der Waals surface area contributed by atoms with Crippen LogP contribution in [0.25, 0.3) is 0 Å². The van der Waals surface area contributed by atoms with E-state index in [1.807, 2.05) is 0 Å². The predicted octanol–water partition coefficient (Wildman–Crippen LogP) is 3.12. The molecule has 0 bridgehead atoms. The van der Waals surface area contributed by atoms with Crippen LogP contribution in [0.5, 0.6) is 0 Å². The molecule has 0 amide bonds. The summed E-state index contributed by atoms with van der Waals surface area (Å²) < 4.78 is 0. The molecule has 0 radical (unpaired) electrons. The standard InChI is InChI=1S/C8H6O4.C7H14O2/c9-7(10)5-3-1-2-4-6(5)8(11)12;1-2-3-4-5-6-7(8)9/h1-4H,(H,9,10)(H,11,12);2-6H2,1H3,(H,8,9). The molecule has 0 saturated heterocycles. The highest BCUT2D eigenvalue weighted by Gasteiger charge is 2.13. The highest BCUT2D eigenvalue weighted by molar-refractivity contribution is 6.01. The van der Waals surface area contributed by atoms with Gasteiger partial charge in [-0.1, -0.05) is 38.3 Å². The molecule has 0 heterocycles. The molecule has 0 aliphatic heterocycles. The molecule has 6 nitrogen and oxygen atoms in total. The molecule has 0 spiro atoms. The Balaban J connectivity index is 0.000000400. The molecule has 21 heavy (non-hydrogen) atoms. The molecule has 6 heteroatoms. The second-order valence-electron chi connectivity index (χ2n) is 4.36. The minimum absolute atomic E-state index is 0.190. The van der Waals surface area contributed by atoms with Crippen molar-refractivity contribution < 1.29 is 29.7 Å². The number of carboxylic acids is 3. The zero-order valence-corrected chi connectivity index (χ0v) is 11.9. The van der Waals surface area contributed by atoms with Crippen LogP contribution in [0.2, 0.25) is 0 Å². The zero-order valence-electron chi connectivity index (χ0n) is 11.9. The number of rotatable bonds is 7. The second kappa shape index (κ2) is 10.4. The normalized spacial score (nSPS) is 9.38. The van der Waals surface area contributed by atoms with Crippen molar-refractivity contribution >= 4 is 17.9 Å². The molecule has 0 saturated carbocycles. The van der Waals surface area contributed by atoms with Gasteiger partial charge in [0.2, 0.25) is 0 Å². The number of hydrogen-bond donors (Lipinski definition) is 3. The van der Waals surface area contributed by atoms with Gasteiger partial charge in [0.25, 0.3) is 0 Å². The third-order valence-corrected chi connectivity index (χ3v) is 2.63. The van der Waals surface area contributed by atoms with E-state index in [2.05, 4.69) is 6.92 Å². The summed E-state index contributed by atoms with van der Waals surface area (Å²) in [5.41, 5.74) is -0.380. The van der Waals surface area contributed by atoms with Crippen molar-refractivity contribution in [2.24, 2.45) is 0 Å². The molecule has 1 aromatic carbocycles. The smallest absolute Gasteiger partial charge is 0.336 e. The maximum Gasteiger partial charge on any atom is 0.336 e. The highest BCUT2D eigenvalue weighted by atomic mass is 16.4. The minimum atomic E-state index is -1.23. The summed E-state index contributed by atoms with van der Waals surface area (Å²) in [7, 11) is 0. The molecule has 0 aromatic heterocycles. The van der Waals surface area contributed by atoms with Gasteiger partial charge >= 0.3 is 17.9 Å². The van der Waals surface area contributed by atoms with Crippen molar-refractivity contribution in [1.29, 1.82) is 0 Å². The number of unbranched alkanes of at least 4 members (excludes halogenated alkanes) is 3. The van der Waals surface area contributed by atoms with E-state index in [0.717, 1.165) is 19.3 Å². The van der Waals surface area contributed by atoms with Gasteiger partial charge in [-0.15, -0.1) is 0 Å². The number of carbonyl (C=O) groups is 3. The molecule has 0 fully saturated rings. The Hall–Kier alpha value is -2.37. The summed E-state index contributed by atoms with van der Waals surface area (Å²) in [5, 5.41) is 25.3. The van der Waals surface area contributed by atoms with E-state index < -0.39 is 17.9 Å². The topological polar surface area (TPSA) is 112 Å². The van der Waals surface area contributed by atoms with Crippen LogP contribution in [0, 0.1) is 0 Å². The van der Waals surface area contributed by atoms with Gasteiger partial charge in [0.15, 0.2) is 0 Å². The summed E-state index contributed by atoms with van der Waals surface area (Å²) in [5.74, 6) is -3.13. The van der Waals surface area contributed by atoms with E-state index in [-0.39, 0.29) is 11.1 Å². The van der Waals surface area contributed by atoms with Crippen LogP contribution in [0.1, 0.15) is 59.7 Å². The summed E-state index contributed by atoms with van der Waals surface area (Å²) in [6, 6.07) is 5.48. The summed E-state index contributed by atoms with van der Waals surface area (Å²) >= 11 is 0. The fraction of sp³-hybridized carbons (Fsp3) is 0.400. The lowest BCUT2D eigenvalue weighted by atomic mass is 10.1. The number of hydrogen-bond acceptors (Lipinski definition) is 3. The monoisotopic (exact) mass is 296 g/mol. The molecular weight excluding hydrogens is 276 g/mol. The molecule has 0 atom stereocenters. The van der Waals surface area contributed by atoms with Gasteiger partial charge in [0.1, 0.15) is 0 Å². The van der Waals surface area contributed by atoms with Crippen molar-refractivity contribution in [3.8, 4) is 0 Å². The fourth-order valence-electron chi connectivity index (χ4n) is 1.56. The molecule has 1 rings (SSSR count). The second-order valence-corrected chi connectivity index (χ2v) is 4.36. The van der Waals surface area contributed by atoms with E-state index in [0.29, 0.717) is 6.42 Å². The Morgan fingerprint density at radius 3 is 1.67 bits per heavy atom. The third-order valence-electron chi connectivity index (χ3n) is 2.63. The minimum Gasteiger partial charge on any atom is -0.481 e. The molecule has 116 valence electrons. The van der Waals surface area contributed by atoms with Crippen LogP contribution in [0.15, 0.2) is 24.3 Å². The summed E-state index contributed by atoms with van der Waals surface area (Å²) in [4.78, 5) is 30.9. The average Bonchev–Trinajstić information content (AvgIpc) is 2.44. The van der Waals surface area contributed by atoms with Crippen LogP contribution in [-0.2, 0) is 4.79 Å². The van der Waals surface area contributed by atoms with Gasteiger partial charge in [0, 0.05) is 6.42 Å². The van der Waals surface area contributed by atoms with Crippen molar-refractivity contribution in [2.45, 2.75) is 39.0 Å². The third kappa shape index (κ3) is 8.41. The van der Waals surface area contributed by atoms with Crippen molar-refractivity contribution in [1.82, 2.24) is 0 Å². The van der Waals surface area contributed by atoms with Gasteiger partial charge in [-0.05, 0) is 18.6 Å². The molecule has 0 aliphatic carbocycles. The Bertz CT molecular complexity index is 448. The Labute approximate surface area is 123 Å². The summed E-state index contributed by atoms with van der Waals surface area (Å²) in [6.07, 6.45) is 4.55. The highest BCUT2D eigenvalue weighted by Crippen LogP contribution is 2.07. The quantitative estimate of drug-likeness (QED) is 0.666. The zero-order chi connectivity index (χ0) is 16.3. The first kappa shape index (κ1) is 18.6. The largest absolute Gasteiger partial charge is 0.481 e. The van der Waals surface area contributed by atoms with Crippen LogP contribution in [-0.4, -0.2) is 33.2 Å². The van der Waals surface area contributed by atoms with Gasteiger partial charge < -0.3 is 15.3 Å². The van der Waals surface area contributed by atoms with Gasteiger partial charge in [-0.25, -0.2) is 9.59 Å². The molecule has 0 unspecified atom stereocenters. The van der Waals surface area contributed by atoms with E-state index in [4.69, 9.17) is 15.3 Å².